The molecule has 9 heteroatoms. The van der Waals surface area contributed by atoms with E-state index in [-0.39, 0.29) is 32.2 Å². The highest BCUT2D eigenvalue weighted by molar-refractivity contribution is 5.71. The molecular weight excluding hydrogens is 1100 g/mol. The SMILES string of the molecule is CC/C=C\C/C=C\C/C=C\C/C=C\CCCCCCCCCCCCCCC(=O)OC(COC(=O)CCCCCCCCCCCCCCCCCCCCCCCCCC/C=C\C/C=C\C/C=C\CCCCCCC)COC(OCC[N+](C)(C)C)C(=O)O. The molecule has 0 radical (unpaired) electrons. The minimum atomic E-state index is -1.51. The molecule has 1 N–H and O–H groups in total. The summed E-state index contributed by atoms with van der Waals surface area (Å²) < 4.78 is 23.0. The molecule has 516 valence electrons. The van der Waals surface area contributed by atoms with Crippen LogP contribution in [0.25, 0.3) is 0 Å². The fourth-order valence-electron chi connectivity index (χ4n) is 10.9. The Bertz CT molecular complexity index is 1740. The molecule has 0 spiro atoms. The van der Waals surface area contributed by atoms with E-state index in [0.29, 0.717) is 17.4 Å². The Balaban J connectivity index is 3.99. The smallest absolute Gasteiger partial charge is 0.361 e. The van der Waals surface area contributed by atoms with Crippen molar-refractivity contribution in [1.29, 1.82) is 0 Å². The van der Waals surface area contributed by atoms with E-state index in [1.54, 1.807) is 0 Å². The zero-order chi connectivity index (χ0) is 64.7. The summed E-state index contributed by atoms with van der Waals surface area (Å²) in [6.07, 6.45) is 92.9. The molecule has 0 aromatic carbocycles. The molecule has 2 unspecified atom stereocenters. The van der Waals surface area contributed by atoms with Gasteiger partial charge in [-0.1, -0.05) is 330 Å². The molecular formula is C80H144NO8+. The van der Waals surface area contributed by atoms with Crippen LogP contribution < -0.4 is 0 Å². The quantitative estimate of drug-likeness (QED) is 0.0211. The summed E-state index contributed by atoms with van der Waals surface area (Å²) >= 11 is 0. The Kier molecular flexibility index (Phi) is 67.6. The third-order valence-corrected chi connectivity index (χ3v) is 16.6. The first-order valence-electron chi connectivity index (χ1n) is 37.8. The number of hydrogen-bond acceptors (Lipinski definition) is 7. The Morgan fingerprint density at radius 1 is 0.348 bits per heavy atom. The molecule has 0 saturated carbocycles. The van der Waals surface area contributed by atoms with Crippen molar-refractivity contribution in [1.82, 2.24) is 0 Å². The van der Waals surface area contributed by atoms with Crippen molar-refractivity contribution in [2.45, 2.75) is 360 Å². The summed E-state index contributed by atoms with van der Waals surface area (Å²) in [6.45, 7) is 4.79. The lowest BCUT2D eigenvalue weighted by atomic mass is 10.0. The van der Waals surface area contributed by atoms with Crippen LogP contribution >= 0.6 is 0 Å². The van der Waals surface area contributed by atoms with Crippen molar-refractivity contribution >= 4 is 17.9 Å². The predicted molar refractivity (Wildman–Crippen MR) is 382 cm³/mol. The van der Waals surface area contributed by atoms with Crippen molar-refractivity contribution in [2.75, 3.05) is 47.5 Å². The Labute approximate surface area is 550 Å². The van der Waals surface area contributed by atoms with Gasteiger partial charge in [-0.3, -0.25) is 9.59 Å². The Morgan fingerprint density at radius 2 is 0.640 bits per heavy atom. The zero-order valence-electron chi connectivity index (χ0n) is 59.1. The van der Waals surface area contributed by atoms with E-state index < -0.39 is 24.3 Å². The maximum atomic E-state index is 13.0. The molecule has 0 saturated heterocycles. The molecule has 0 aliphatic rings. The van der Waals surface area contributed by atoms with Gasteiger partial charge in [0.05, 0.1) is 34.4 Å². The number of ether oxygens (including phenoxy) is 4. The fraction of sp³-hybridized carbons (Fsp3) is 0.787. The minimum absolute atomic E-state index is 0.182. The summed E-state index contributed by atoms with van der Waals surface area (Å²) in [5.41, 5.74) is 0. The Hall–Kier alpha value is -3.53. The van der Waals surface area contributed by atoms with E-state index in [2.05, 4.69) is 98.9 Å². The molecule has 0 aromatic heterocycles. The molecule has 0 aliphatic heterocycles. The maximum absolute atomic E-state index is 13.0. The van der Waals surface area contributed by atoms with E-state index in [1.165, 1.54) is 244 Å². The van der Waals surface area contributed by atoms with Gasteiger partial charge in [0, 0.05) is 12.8 Å². The average Bonchev–Trinajstić information content (AvgIpc) is 3.64. The fourth-order valence-corrected chi connectivity index (χ4v) is 10.9. The number of hydrogen-bond donors (Lipinski definition) is 1. The standard InChI is InChI=1S/C80H143NO8/c1-6-8-10-12-14-16-18-20-22-24-26-28-30-32-33-34-35-36-37-38-39-40-41-42-43-44-45-47-48-50-52-54-56-58-60-62-64-66-68-70-77(82)87-74-76(75-88-80(79(84)85)86-73-72-81(3,4)5)89-78(83)71-69-67-65-63-61-59-57-55-53-51-49-46-31-29-27-25-23-21-19-17-15-13-11-9-7-2/h9,11,15,17-18,20-21,23-24,26-27,29-30,32,76,80H,6-8,10,12-14,16,19,22,25,28,31,33-75H2,1-5H3/p+1/b11-9-,17-15-,20-18-,23-21-,26-24-,29-27-,32-30-. The second kappa shape index (κ2) is 70.3. The lowest BCUT2D eigenvalue weighted by molar-refractivity contribution is -0.870. The number of likely N-dealkylation sites (N-methyl/N-ethyl adjacent to an activating group) is 1. The highest BCUT2D eigenvalue weighted by atomic mass is 16.7. The third-order valence-electron chi connectivity index (χ3n) is 16.6. The normalized spacial score (nSPS) is 13.1. The van der Waals surface area contributed by atoms with Crippen molar-refractivity contribution < 1.29 is 42.9 Å². The van der Waals surface area contributed by atoms with Crippen LogP contribution in [0.2, 0.25) is 0 Å². The molecule has 2 atom stereocenters. The van der Waals surface area contributed by atoms with Gasteiger partial charge < -0.3 is 28.5 Å². The van der Waals surface area contributed by atoms with E-state index in [1.807, 2.05) is 21.1 Å². The maximum Gasteiger partial charge on any atom is 0.361 e. The largest absolute Gasteiger partial charge is 0.477 e. The van der Waals surface area contributed by atoms with Gasteiger partial charge in [-0.05, 0) is 89.9 Å². The van der Waals surface area contributed by atoms with Gasteiger partial charge in [-0.15, -0.1) is 0 Å². The van der Waals surface area contributed by atoms with Gasteiger partial charge in [0.15, 0.2) is 6.10 Å². The lowest BCUT2D eigenvalue weighted by Crippen LogP contribution is -2.40. The van der Waals surface area contributed by atoms with Crippen molar-refractivity contribution in [2.24, 2.45) is 0 Å². The molecule has 0 heterocycles. The van der Waals surface area contributed by atoms with E-state index in [4.69, 9.17) is 18.9 Å². The lowest BCUT2D eigenvalue weighted by Gasteiger charge is -2.25. The van der Waals surface area contributed by atoms with Gasteiger partial charge in [0.2, 0.25) is 0 Å². The highest BCUT2D eigenvalue weighted by Crippen LogP contribution is 2.19. The molecule has 0 fully saturated rings. The number of carbonyl (C=O) groups is 3. The van der Waals surface area contributed by atoms with E-state index in [0.717, 1.165) is 77.0 Å². The van der Waals surface area contributed by atoms with E-state index >= 15 is 0 Å². The number of quaternary nitrogens is 1. The number of nitrogens with zero attached hydrogens (tertiary/aromatic N) is 1. The van der Waals surface area contributed by atoms with Crippen LogP contribution in [0.15, 0.2) is 85.1 Å². The van der Waals surface area contributed by atoms with Gasteiger partial charge in [0.1, 0.15) is 13.2 Å². The van der Waals surface area contributed by atoms with Crippen LogP contribution in [-0.2, 0) is 33.3 Å². The number of carboxylic acid groups (broad SMARTS) is 1. The molecule has 0 aliphatic carbocycles. The molecule has 9 nitrogen and oxygen atoms in total. The molecule has 0 aromatic rings. The number of aliphatic carboxylic acids is 1. The number of carbonyl (C=O) groups excluding carboxylic acids is 2. The summed E-state index contributed by atoms with van der Waals surface area (Å²) in [5.74, 6) is -1.99. The summed E-state index contributed by atoms with van der Waals surface area (Å²) in [6, 6.07) is 0. The monoisotopic (exact) mass is 1250 g/mol. The van der Waals surface area contributed by atoms with Crippen LogP contribution in [0.3, 0.4) is 0 Å². The van der Waals surface area contributed by atoms with Crippen LogP contribution in [0.4, 0.5) is 0 Å². The highest BCUT2D eigenvalue weighted by Gasteiger charge is 2.25. The number of rotatable bonds is 70. The first-order valence-corrected chi connectivity index (χ1v) is 37.8. The molecule has 0 amide bonds. The third kappa shape index (κ3) is 71.8. The molecule has 89 heavy (non-hydrogen) atoms. The predicted octanol–water partition coefficient (Wildman–Crippen LogP) is 23.8. The van der Waals surface area contributed by atoms with E-state index in [9.17, 15) is 19.5 Å². The van der Waals surface area contributed by atoms with Gasteiger partial charge in [-0.2, -0.15) is 0 Å². The number of allylic oxidation sites excluding steroid dienone is 14. The second-order valence-corrected chi connectivity index (χ2v) is 26.6. The van der Waals surface area contributed by atoms with Gasteiger partial charge in [-0.25, -0.2) is 4.79 Å². The van der Waals surface area contributed by atoms with Crippen molar-refractivity contribution in [3.05, 3.63) is 85.1 Å². The summed E-state index contributed by atoms with van der Waals surface area (Å²) in [4.78, 5) is 37.7. The summed E-state index contributed by atoms with van der Waals surface area (Å²) in [7, 11) is 5.98. The van der Waals surface area contributed by atoms with Gasteiger partial charge in [0.25, 0.3) is 6.29 Å². The van der Waals surface area contributed by atoms with Crippen LogP contribution in [0.1, 0.15) is 348 Å². The first kappa shape index (κ1) is 85.5. The second-order valence-electron chi connectivity index (χ2n) is 26.6. The van der Waals surface area contributed by atoms with Crippen molar-refractivity contribution in [3.8, 4) is 0 Å². The van der Waals surface area contributed by atoms with Crippen LogP contribution in [-0.4, -0.2) is 87.4 Å². The number of carboxylic acids is 1. The molecule has 0 bridgehead atoms. The number of esters is 2. The minimum Gasteiger partial charge on any atom is -0.477 e. The zero-order valence-corrected chi connectivity index (χ0v) is 59.1. The Morgan fingerprint density at radius 3 is 0.955 bits per heavy atom. The average molecular weight is 1250 g/mol. The van der Waals surface area contributed by atoms with Gasteiger partial charge >= 0.3 is 17.9 Å². The topological polar surface area (TPSA) is 108 Å². The van der Waals surface area contributed by atoms with Crippen molar-refractivity contribution in [3.63, 3.8) is 0 Å². The number of unbranched alkanes of at least 4 members (excludes halogenated alkanes) is 41. The molecule has 0 rings (SSSR count). The first-order chi connectivity index (χ1) is 43.6. The van der Waals surface area contributed by atoms with Crippen LogP contribution in [0.5, 0.6) is 0 Å². The van der Waals surface area contributed by atoms with Crippen LogP contribution in [0, 0.1) is 0 Å². The summed E-state index contributed by atoms with van der Waals surface area (Å²) in [5, 5.41) is 9.76.